The number of ether oxygens (including phenoxy) is 1. The lowest BCUT2D eigenvalue weighted by molar-refractivity contribution is -0.0764. The number of carbonyl (C=O) groups is 1. The molecule has 3 aromatic rings. The Labute approximate surface area is 186 Å². The number of nitrogens with one attached hydrogen (secondary N) is 1. The molecule has 0 saturated carbocycles. The van der Waals surface area contributed by atoms with Crippen molar-refractivity contribution in [3.05, 3.63) is 58.2 Å². The van der Waals surface area contributed by atoms with Crippen LogP contribution in [0.1, 0.15) is 46.7 Å². The number of benzene rings is 1. The summed E-state index contributed by atoms with van der Waals surface area (Å²) < 4.78 is 6.47. The van der Waals surface area contributed by atoms with Crippen molar-refractivity contribution in [2.24, 2.45) is 0 Å². The predicted molar refractivity (Wildman–Crippen MR) is 122 cm³/mol. The van der Waals surface area contributed by atoms with Gasteiger partial charge in [0.2, 0.25) is 0 Å². The fourth-order valence-corrected chi connectivity index (χ4v) is 5.35. The second kappa shape index (κ2) is 8.65. The standard InChI is InChI=1S/C24H28N4O2S/c1-17-27-22(16-31-17)23(29)26-14-20-6-7-24(30-20)8-11-28(12-9-24)15-18-4-5-19-3-2-10-25-21(19)13-18/h2-5,10,13,16,20H,6-9,11-12,14-15H2,1H3,(H,26,29)/t20-/m0/s1. The molecule has 2 aliphatic rings. The highest BCUT2D eigenvalue weighted by atomic mass is 32.1. The molecule has 4 heterocycles. The summed E-state index contributed by atoms with van der Waals surface area (Å²) in [4.78, 5) is 23.5. The van der Waals surface area contributed by atoms with Crippen LogP contribution in [0.2, 0.25) is 0 Å². The van der Waals surface area contributed by atoms with Gasteiger partial charge in [0, 0.05) is 43.1 Å². The predicted octanol–water partition coefficient (Wildman–Crippen LogP) is 3.94. The fourth-order valence-electron chi connectivity index (χ4n) is 4.76. The second-order valence-electron chi connectivity index (χ2n) is 8.73. The lowest BCUT2D eigenvalue weighted by Gasteiger charge is -2.39. The van der Waals surface area contributed by atoms with E-state index in [1.54, 1.807) is 0 Å². The monoisotopic (exact) mass is 436 g/mol. The summed E-state index contributed by atoms with van der Waals surface area (Å²) >= 11 is 1.50. The maximum absolute atomic E-state index is 12.2. The van der Waals surface area contributed by atoms with E-state index in [4.69, 9.17) is 4.74 Å². The first-order valence-electron chi connectivity index (χ1n) is 11.0. The minimum Gasteiger partial charge on any atom is -0.370 e. The Kier molecular flexibility index (Phi) is 5.73. The first-order chi connectivity index (χ1) is 15.1. The molecule has 0 aliphatic carbocycles. The van der Waals surface area contributed by atoms with E-state index >= 15 is 0 Å². The Bertz CT molecular complexity index is 1070. The number of thiazole rings is 1. The maximum Gasteiger partial charge on any atom is 0.270 e. The number of likely N-dealkylation sites (tertiary alicyclic amines) is 1. The van der Waals surface area contributed by atoms with Crippen LogP contribution < -0.4 is 5.32 Å². The molecule has 2 fully saturated rings. The van der Waals surface area contributed by atoms with Gasteiger partial charge in [-0.1, -0.05) is 18.2 Å². The number of amides is 1. The number of hydrogen-bond donors (Lipinski definition) is 1. The number of piperidine rings is 1. The van der Waals surface area contributed by atoms with E-state index in [-0.39, 0.29) is 17.6 Å². The van der Waals surface area contributed by atoms with Crippen molar-refractivity contribution >= 4 is 28.1 Å². The van der Waals surface area contributed by atoms with Crippen LogP contribution in [0.4, 0.5) is 0 Å². The molecule has 162 valence electrons. The lowest BCUT2D eigenvalue weighted by Crippen LogP contribution is -2.44. The van der Waals surface area contributed by atoms with Gasteiger partial charge in [0.1, 0.15) is 5.69 Å². The van der Waals surface area contributed by atoms with Crippen molar-refractivity contribution in [3.8, 4) is 0 Å². The minimum absolute atomic E-state index is 0.0198. The third-order valence-corrected chi connectivity index (χ3v) is 7.30. The van der Waals surface area contributed by atoms with Gasteiger partial charge in [0.05, 0.1) is 22.2 Å². The van der Waals surface area contributed by atoms with E-state index in [1.807, 2.05) is 24.6 Å². The molecule has 7 heteroatoms. The van der Waals surface area contributed by atoms with E-state index in [1.165, 1.54) is 22.3 Å². The lowest BCUT2D eigenvalue weighted by atomic mass is 9.88. The molecule has 0 bridgehead atoms. The molecule has 31 heavy (non-hydrogen) atoms. The Morgan fingerprint density at radius 1 is 1.29 bits per heavy atom. The van der Waals surface area contributed by atoms with Gasteiger partial charge in [-0.15, -0.1) is 11.3 Å². The Morgan fingerprint density at radius 3 is 2.97 bits per heavy atom. The Balaban J connectivity index is 1.11. The van der Waals surface area contributed by atoms with E-state index in [2.05, 4.69) is 44.5 Å². The normalized spacial score (nSPS) is 21.0. The number of aromatic nitrogens is 2. The molecule has 2 saturated heterocycles. The zero-order valence-corrected chi connectivity index (χ0v) is 18.7. The van der Waals surface area contributed by atoms with Crippen molar-refractivity contribution in [2.45, 2.75) is 50.9 Å². The zero-order valence-electron chi connectivity index (χ0n) is 17.8. The molecule has 1 aromatic carbocycles. The minimum atomic E-state index is -0.103. The summed E-state index contributed by atoms with van der Waals surface area (Å²) in [5.74, 6) is -0.103. The van der Waals surface area contributed by atoms with Crippen LogP contribution in [-0.4, -0.2) is 52.1 Å². The molecule has 0 unspecified atom stereocenters. The smallest absolute Gasteiger partial charge is 0.270 e. The summed E-state index contributed by atoms with van der Waals surface area (Å²) in [6, 6.07) is 10.7. The van der Waals surface area contributed by atoms with E-state index < -0.39 is 0 Å². The van der Waals surface area contributed by atoms with Crippen molar-refractivity contribution in [1.29, 1.82) is 0 Å². The van der Waals surface area contributed by atoms with Crippen LogP contribution in [0, 0.1) is 6.92 Å². The number of fused-ring (bicyclic) bond motifs is 1. The first kappa shape index (κ1) is 20.5. The van der Waals surface area contributed by atoms with E-state index in [0.29, 0.717) is 12.2 Å². The number of aryl methyl sites for hydroxylation is 1. The zero-order chi connectivity index (χ0) is 21.3. The third-order valence-electron chi connectivity index (χ3n) is 6.52. The molecule has 1 atom stereocenters. The topological polar surface area (TPSA) is 67.4 Å². The van der Waals surface area contributed by atoms with Gasteiger partial charge in [-0.25, -0.2) is 4.98 Å². The average molecular weight is 437 g/mol. The number of nitrogens with zero attached hydrogens (tertiary/aromatic N) is 3. The largest absolute Gasteiger partial charge is 0.370 e. The molecule has 0 radical (unpaired) electrons. The second-order valence-corrected chi connectivity index (χ2v) is 9.79. The highest BCUT2D eigenvalue weighted by Crippen LogP contribution is 2.39. The quantitative estimate of drug-likeness (QED) is 0.656. The number of hydrogen-bond acceptors (Lipinski definition) is 6. The highest BCUT2D eigenvalue weighted by molar-refractivity contribution is 7.09. The highest BCUT2D eigenvalue weighted by Gasteiger charge is 2.42. The Hall–Kier alpha value is -2.35. The molecule has 6 nitrogen and oxygen atoms in total. The van der Waals surface area contributed by atoms with Gasteiger partial charge < -0.3 is 10.1 Å². The molecule has 2 aromatic heterocycles. The molecule has 1 spiro atoms. The van der Waals surface area contributed by atoms with Gasteiger partial charge in [0.25, 0.3) is 5.91 Å². The van der Waals surface area contributed by atoms with Crippen LogP contribution in [0.5, 0.6) is 0 Å². The van der Waals surface area contributed by atoms with E-state index in [0.717, 1.165) is 55.8 Å². The van der Waals surface area contributed by atoms with Crippen molar-refractivity contribution < 1.29 is 9.53 Å². The fraction of sp³-hybridized carbons (Fsp3) is 0.458. The average Bonchev–Trinajstić information content (AvgIpc) is 3.40. The van der Waals surface area contributed by atoms with Crippen LogP contribution in [-0.2, 0) is 11.3 Å². The van der Waals surface area contributed by atoms with Gasteiger partial charge in [-0.3, -0.25) is 14.7 Å². The van der Waals surface area contributed by atoms with Gasteiger partial charge in [-0.2, -0.15) is 0 Å². The van der Waals surface area contributed by atoms with Crippen molar-refractivity contribution in [2.75, 3.05) is 19.6 Å². The molecule has 2 aliphatic heterocycles. The molecular weight excluding hydrogens is 408 g/mol. The van der Waals surface area contributed by atoms with Crippen LogP contribution in [0.25, 0.3) is 10.9 Å². The SMILES string of the molecule is Cc1nc(C(=O)NC[C@@H]2CCC3(CCN(Cc4ccc5cccnc5c4)CC3)O2)cs1. The van der Waals surface area contributed by atoms with Crippen LogP contribution >= 0.6 is 11.3 Å². The van der Waals surface area contributed by atoms with Gasteiger partial charge >= 0.3 is 0 Å². The van der Waals surface area contributed by atoms with Crippen LogP contribution in [0.3, 0.4) is 0 Å². The molecular formula is C24H28N4O2S. The van der Waals surface area contributed by atoms with Gasteiger partial charge in [-0.05, 0) is 50.3 Å². The molecule has 5 rings (SSSR count). The van der Waals surface area contributed by atoms with E-state index in [9.17, 15) is 4.79 Å². The maximum atomic E-state index is 12.2. The summed E-state index contributed by atoms with van der Waals surface area (Å²) in [5.41, 5.74) is 2.86. The molecule has 1 N–H and O–H groups in total. The number of rotatable bonds is 5. The summed E-state index contributed by atoms with van der Waals surface area (Å²) in [7, 11) is 0. The summed E-state index contributed by atoms with van der Waals surface area (Å²) in [6.45, 7) is 5.50. The summed E-state index contributed by atoms with van der Waals surface area (Å²) in [6.07, 6.45) is 6.14. The van der Waals surface area contributed by atoms with Crippen molar-refractivity contribution in [1.82, 2.24) is 20.2 Å². The number of pyridine rings is 1. The van der Waals surface area contributed by atoms with Crippen molar-refractivity contribution in [3.63, 3.8) is 0 Å². The molecule has 1 amide bonds. The van der Waals surface area contributed by atoms with Crippen LogP contribution in [0.15, 0.2) is 41.9 Å². The third kappa shape index (κ3) is 4.63. The first-order valence-corrected chi connectivity index (χ1v) is 11.9. The Morgan fingerprint density at radius 2 is 2.16 bits per heavy atom. The summed E-state index contributed by atoms with van der Waals surface area (Å²) in [5, 5.41) is 6.90. The number of carbonyl (C=O) groups excluding carboxylic acids is 1. The van der Waals surface area contributed by atoms with Gasteiger partial charge in [0.15, 0.2) is 0 Å².